The van der Waals surface area contributed by atoms with Gasteiger partial charge in [-0.1, -0.05) is 23.8 Å². The molecule has 1 aromatic carbocycles. The van der Waals surface area contributed by atoms with Crippen LogP contribution in [0.3, 0.4) is 0 Å². The number of nitrogens with one attached hydrogen (secondary N) is 4. The Labute approximate surface area is 295 Å². The van der Waals surface area contributed by atoms with Gasteiger partial charge in [0.05, 0.1) is 17.8 Å². The van der Waals surface area contributed by atoms with Gasteiger partial charge in [0.25, 0.3) is 0 Å². The number of Topliss-reactive ketones (excluding diaryl/α,β-unsaturated/α-hetero) is 1. The van der Waals surface area contributed by atoms with Crippen molar-refractivity contribution in [3.63, 3.8) is 0 Å². The zero-order chi connectivity index (χ0) is 35.4. The molecule has 5 N–H and O–H groups in total. The Morgan fingerprint density at radius 3 is 2.58 bits per heavy atom. The number of pyridine rings is 1. The maximum absolute atomic E-state index is 13.9. The van der Waals surface area contributed by atoms with E-state index >= 15 is 0 Å². The summed E-state index contributed by atoms with van der Waals surface area (Å²) in [7, 11) is 1.82. The Kier molecular flexibility index (Phi) is 11.1. The monoisotopic (exact) mass is 686 g/mol. The van der Waals surface area contributed by atoms with E-state index in [4.69, 9.17) is 5.41 Å². The van der Waals surface area contributed by atoms with Gasteiger partial charge in [-0.2, -0.15) is 0 Å². The number of hydrogen-bond donors (Lipinski definition) is 5. The highest BCUT2D eigenvalue weighted by Gasteiger charge is 2.42. The number of anilines is 2. The van der Waals surface area contributed by atoms with E-state index in [1.807, 2.05) is 61.0 Å². The first kappa shape index (κ1) is 35.8. The average molecular weight is 687 g/mol. The number of nitrogens with zero attached hydrogens (tertiary/aromatic N) is 4. The lowest BCUT2D eigenvalue weighted by molar-refractivity contribution is -0.135. The van der Waals surface area contributed by atoms with Crippen LogP contribution < -0.4 is 20.9 Å². The standard InChI is InChI=1S/C38H54N8O4/c1-25-19-28(21-29(20-25)24-39)22-31(33(47)7-6-27-8-11-38(23-27)12-17-44(18-13-38)35(48)26(2)40-3)42-36(49)45-15-9-30(10-16-45)46-32-5-4-14-41-34(32)43-37(46)50/h4-5,14,19-21,24,26-27,30-31,37,39-40,50H,6-13,15-18,22-23H2,1-3H3,(H,41,43)(H,42,49)/t26-,27?,31-,37?/m1/s1. The number of fused-ring (bicyclic) bond motifs is 1. The normalized spacial score (nSPS) is 22.9. The largest absolute Gasteiger partial charge is 0.356 e. The summed E-state index contributed by atoms with van der Waals surface area (Å²) in [5.41, 5.74) is 3.85. The Morgan fingerprint density at radius 2 is 1.86 bits per heavy atom. The molecule has 0 bridgehead atoms. The van der Waals surface area contributed by atoms with Gasteiger partial charge in [-0.15, -0.1) is 0 Å². The smallest absolute Gasteiger partial charge is 0.317 e. The Bertz CT molecular complexity index is 1550. The first-order chi connectivity index (χ1) is 24.1. The molecule has 12 nitrogen and oxygen atoms in total. The molecular formula is C38H54N8O4. The molecule has 1 saturated carbocycles. The van der Waals surface area contributed by atoms with Gasteiger partial charge in [0, 0.05) is 51.1 Å². The summed E-state index contributed by atoms with van der Waals surface area (Å²) in [6.45, 7) is 6.52. The quantitative estimate of drug-likeness (QED) is 0.222. The minimum Gasteiger partial charge on any atom is -0.356 e. The minimum absolute atomic E-state index is 0.0453. The fourth-order valence-electron chi connectivity index (χ4n) is 8.75. The lowest BCUT2D eigenvalue weighted by atomic mass is 9.76. The van der Waals surface area contributed by atoms with Crippen LogP contribution in [0.5, 0.6) is 0 Å². The van der Waals surface area contributed by atoms with E-state index in [2.05, 4.69) is 20.9 Å². The fraction of sp³-hybridized carbons (Fsp3) is 0.605. The summed E-state index contributed by atoms with van der Waals surface area (Å²) < 4.78 is 0. The van der Waals surface area contributed by atoms with Crippen LogP contribution in [-0.2, 0) is 16.0 Å². The zero-order valence-electron chi connectivity index (χ0n) is 29.8. The molecule has 1 aliphatic carbocycles. The first-order valence-corrected chi connectivity index (χ1v) is 18.4. The van der Waals surface area contributed by atoms with Gasteiger partial charge >= 0.3 is 6.03 Å². The van der Waals surface area contributed by atoms with E-state index in [1.54, 1.807) is 11.1 Å². The molecule has 0 radical (unpaired) electrons. The number of carbonyl (C=O) groups excluding carboxylic acids is 3. The summed E-state index contributed by atoms with van der Waals surface area (Å²) in [6, 6.07) is 8.68. The fourth-order valence-corrected chi connectivity index (χ4v) is 8.75. The van der Waals surface area contributed by atoms with Crippen molar-refractivity contribution in [1.82, 2.24) is 25.4 Å². The molecule has 2 unspecified atom stereocenters. The van der Waals surface area contributed by atoms with Crippen molar-refractivity contribution >= 4 is 35.4 Å². The number of aliphatic hydroxyl groups is 1. The second kappa shape index (κ2) is 15.5. The Morgan fingerprint density at radius 1 is 1.10 bits per heavy atom. The maximum Gasteiger partial charge on any atom is 0.317 e. The van der Waals surface area contributed by atoms with Gasteiger partial charge in [0.15, 0.2) is 11.6 Å². The van der Waals surface area contributed by atoms with Crippen LogP contribution in [0, 0.1) is 23.7 Å². The number of ketones is 1. The maximum atomic E-state index is 13.9. The number of aliphatic hydroxyl groups excluding tert-OH is 1. The van der Waals surface area contributed by atoms with E-state index < -0.39 is 12.4 Å². The van der Waals surface area contributed by atoms with Gasteiger partial charge in [0.2, 0.25) is 12.3 Å². The summed E-state index contributed by atoms with van der Waals surface area (Å²) in [6.07, 6.45) is 10.5. The van der Waals surface area contributed by atoms with Gasteiger partial charge in [0.1, 0.15) is 0 Å². The third-order valence-electron chi connectivity index (χ3n) is 11.7. The highest BCUT2D eigenvalue weighted by Crippen LogP contribution is 2.50. The summed E-state index contributed by atoms with van der Waals surface area (Å²) in [4.78, 5) is 50.4. The van der Waals surface area contributed by atoms with Gasteiger partial charge < -0.3 is 41.2 Å². The van der Waals surface area contributed by atoms with E-state index in [0.29, 0.717) is 50.5 Å². The molecule has 270 valence electrons. The second-order valence-corrected chi connectivity index (χ2v) is 15.1. The highest BCUT2D eigenvalue weighted by atomic mass is 16.3. The van der Waals surface area contributed by atoms with Crippen LogP contribution in [0.25, 0.3) is 0 Å². The molecule has 1 spiro atoms. The van der Waals surface area contributed by atoms with Crippen molar-refractivity contribution in [2.75, 3.05) is 43.4 Å². The molecule has 2 saturated heterocycles. The molecule has 4 heterocycles. The van der Waals surface area contributed by atoms with Gasteiger partial charge in [-0.25, -0.2) is 9.78 Å². The summed E-state index contributed by atoms with van der Waals surface area (Å²) >= 11 is 0. The van der Waals surface area contributed by atoms with E-state index in [0.717, 1.165) is 74.0 Å². The van der Waals surface area contributed by atoms with E-state index in [1.165, 1.54) is 6.21 Å². The van der Waals surface area contributed by atoms with Crippen molar-refractivity contribution in [1.29, 1.82) is 5.41 Å². The lowest BCUT2D eigenvalue weighted by Gasteiger charge is -2.40. The third-order valence-corrected chi connectivity index (χ3v) is 11.7. The number of benzene rings is 1. The number of likely N-dealkylation sites (N-methyl/N-ethyl adjacent to an activating group) is 1. The predicted molar refractivity (Wildman–Crippen MR) is 194 cm³/mol. The SMILES string of the molecule is CN[C@H](C)C(=O)N1CCC2(CCC(CCC(=O)[C@@H](Cc3cc(C)cc(C=N)c3)NC(=O)N3CCC(N4c5cccnc5NC4O)CC3)C2)CC1. The number of aromatic nitrogens is 1. The Balaban J connectivity index is 1.05. The summed E-state index contributed by atoms with van der Waals surface area (Å²) in [5, 5.41) is 27.7. The molecule has 3 amide bonds. The number of rotatable bonds is 11. The number of piperidine rings is 2. The number of aryl methyl sites for hydroxylation is 1. The minimum atomic E-state index is -0.855. The average Bonchev–Trinajstić information content (AvgIpc) is 3.68. The van der Waals surface area contributed by atoms with Crippen LogP contribution in [-0.4, -0.2) is 102 Å². The predicted octanol–water partition coefficient (Wildman–Crippen LogP) is 4.05. The highest BCUT2D eigenvalue weighted by molar-refractivity contribution is 5.89. The second-order valence-electron chi connectivity index (χ2n) is 15.1. The first-order valence-electron chi connectivity index (χ1n) is 18.4. The molecule has 50 heavy (non-hydrogen) atoms. The van der Waals surface area contributed by atoms with Crippen LogP contribution >= 0.6 is 0 Å². The van der Waals surface area contributed by atoms with Gasteiger partial charge in [-0.3, -0.25) is 9.59 Å². The molecule has 3 aliphatic heterocycles. The van der Waals surface area contributed by atoms with Crippen LogP contribution in [0.1, 0.15) is 81.4 Å². The lowest BCUT2D eigenvalue weighted by Crippen LogP contribution is -2.54. The number of carbonyl (C=O) groups is 3. The molecule has 2 aromatic rings. The topological polar surface area (TPSA) is 154 Å². The summed E-state index contributed by atoms with van der Waals surface area (Å²) in [5.74, 6) is 1.34. The van der Waals surface area contributed by atoms with E-state index in [9.17, 15) is 19.5 Å². The van der Waals surface area contributed by atoms with Crippen molar-refractivity contribution < 1.29 is 19.5 Å². The molecule has 6 rings (SSSR count). The molecule has 4 atom stereocenters. The van der Waals surface area contributed by atoms with Crippen LogP contribution in [0.15, 0.2) is 36.5 Å². The van der Waals surface area contributed by atoms with Crippen molar-refractivity contribution in [2.45, 2.75) is 103 Å². The van der Waals surface area contributed by atoms with Crippen molar-refractivity contribution in [3.8, 4) is 0 Å². The number of likely N-dealkylation sites (tertiary alicyclic amines) is 2. The molecular weight excluding hydrogens is 632 g/mol. The van der Waals surface area contributed by atoms with Gasteiger partial charge in [-0.05, 0) is 113 Å². The van der Waals surface area contributed by atoms with Crippen LogP contribution in [0.2, 0.25) is 0 Å². The molecule has 12 heteroatoms. The van der Waals surface area contributed by atoms with Crippen LogP contribution in [0.4, 0.5) is 16.3 Å². The van der Waals surface area contributed by atoms with Crippen molar-refractivity contribution in [2.24, 2.45) is 11.3 Å². The zero-order valence-corrected chi connectivity index (χ0v) is 29.8. The number of urea groups is 1. The van der Waals surface area contributed by atoms with Crippen molar-refractivity contribution in [3.05, 3.63) is 53.2 Å². The molecule has 3 fully saturated rings. The number of hydrogen-bond acceptors (Lipinski definition) is 9. The number of amides is 3. The van der Waals surface area contributed by atoms with E-state index in [-0.39, 0.29) is 35.2 Å². The Hall–Kier alpha value is -4.03. The third kappa shape index (κ3) is 7.96. The molecule has 4 aliphatic rings. The molecule has 1 aromatic heterocycles.